The van der Waals surface area contributed by atoms with Crippen LogP contribution in [-0.2, 0) is 4.79 Å². The molecule has 0 aliphatic carbocycles. The fourth-order valence-electron chi connectivity index (χ4n) is 7.49. The van der Waals surface area contributed by atoms with Gasteiger partial charge in [-0.05, 0) is 83.5 Å². The first-order valence-electron chi connectivity index (χ1n) is 26.6. The summed E-state index contributed by atoms with van der Waals surface area (Å²) in [6.07, 6.45) is 80.8. The number of nitrogens with one attached hydrogen (secondary N) is 1. The van der Waals surface area contributed by atoms with Gasteiger partial charge >= 0.3 is 0 Å². The van der Waals surface area contributed by atoms with Gasteiger partial charge in [-0.3, -0.25) is 4.79 Å². The number of amides is 1. The minimum absolute atomic E-state index is 0.0762. The Hall–Kier alpha value is -2.95. The maximum absolute atomic E-state index is 12.5. The highest BCUT2D eigenvalue weighted by molar-refractivity contribution is 5.76. The molecule has 0 heterocycles. The molecule has 1 amide bonds. The maximum Gasteiger partial charge on any atom is 0.220 e. The molecule has 0 bridgehead atoms. The number of carbonyl (C=O) groups is 1. The van der Waals surface area contributed by atoms with Gasteiger partial charge in [0.25, 0.3) is 0 Å². The van der Waals surface area contributed by atoms with E-state index in [1.165, 1.54) is 128 Å². The average molecular weight is 872 g/mol. The predicted molar refractivity (Wildman–Crippen MR) is 280 cm³/mol. The second kappa shape index (κ2) is 53.4. The summed E-state index contributed by atoms with van der Waals surface area (Å²) < 4.78 is 0. The van der Waals surface area contributed by atoms with E-state index in [2.05, 4.69) is 116 Å². The summed E-state index contributed by atoms with van der Waals surface area (Å²) in [4.78, 5) is 12.5. The van der Waals surface area contributed by atoms with Gasteiger partial charge in [0.05, 0.1) is 18.8 Å². The van der Waals surface area contributed by atoms with Crippen molar-refractivity contribution in [2.45, 2.75) is 251 Å². The third-order valence-corrected chi connectivity index (χ3v) is 11.5. The number of carbonyl (C=O) groups excluding carboxylic acids is 1. The first-order chi connectivity index (χ1) is 31.2. The highest BCUT2D eigenvalue weighted by Crippen LogP contribution is 2.15. The molecule has 0 aromatic rings. The van der Waals surface area contributed by atoms with E-state index in [9.17, 15) is 15.0 Å². The molecular weight excluding hydrogens is 771 g/mol. The van der Waals surface area contributed by atoms with Gasteiger partial charge in [0.2, 0.25) is 5.91 Å². The van der Waals surface area contributed by atoms with Gasteiger partial charge in [0.1, 0.15) is 0 Å². The van der Waals surface area contributed by atoms with E-state index in [0.717, 1.165) is 89.9 Å². The van der Waals surface area contributed by atoms with Gasteiger partial charge in [0, 0.05) is 6.42 Å². The smallest absolute Gasteiger partial charge is 0.220 e. The van der Waals surface area contributed by atoms with E-state index in [0.29, 0.717) is 6.42 Å². The van der Waals surface area contributed by atoms with E-state index in [1.807, 2.05) is 6.08 Å². The molecule has 4 nitrogen and oxygen atoms in total. The van der Waals surface area contributed by atoms with Crippen LogP contribution in [0.15, 0.2) is 109 Å². The lowest BCUT2D eigenvalue weighted by Gasteiger charge is -2.20. The zero-order valence-electron chi connectivity index (χ0n) is 41.3. The number of hydrogen-bond donors (Lipinski definition) is 3. The summed E-state index contributed by atoms with van der Waals surface area (Å²) in [5, 5.41) is 23.1. The maximum atomic E-state index is 12.5. The molecule has 2 unspecified atom stereocenters. The summed E-state index contributed by atoms with van der Waals surface area (Å²) in [5.41, 5.74) is 0. The zero-order valence-corrected chi connectivity index (χ0v) is 41.3. The molecule has 0 aromatic heterocycles. The van der Waals surface area contributed by atoms with Gasteiger partial charge in [-0.1, -0.05) is 258 Å². The first kappa shape index (κ1) is 60.1. The summed E-state index contributed by atoms with van der Waals surface area (Å²) >= 11 is 0. The topological polar surface area (TPSA) is 69.6 Å². The van der Waals surface area contributed by atoms with Crippen LogP contribution in [0.2, 0.25) is 0 Å². The molecule has 0 saturated carbocycles. The molecule has 0 aromatic carbocycles. The fourth-order valence-corrected chi connectivity index (χ4v) is 7.49. The molecule has 0 aliphatic heterocycles. The molecular formula is C59H101NO3. The van der Waals surface area contributed by atoms with E-state index >= 15 is 0 Å². The molecule has 0 rings (SSSR count). The average Bonchev–Trinajstić information content (AvgIpc) is 3.29. The SMILES string of the molecule is CC/C=C\C/C=C\C/C=C\C/C=C\C/C=C\C/C=C\C/C=C\C/C=C\CCCCCCCCCCC(=O)NC(CO)C(O)/C=C/CCCCCCCCCCCCCCCCCC. The third-order valence-electron chi connectivity index (χ3n) is 11.5. The Balaban J connectivity index is 3.62. The van der Waals surface area contributed by atoms with Crippen molar-refractivity contribution >= 4 is 5.91 Å². The molecule has 2 atom stereocenters. The van der Waals surface area contributed by atoms with Crippen LogP contribution in [0.1, 0.15) is 239 Å². The fraction of sp³-hybridized carbons (Fsp3) is 0.678. The van der Waals surface area contributed by atoms with Crippen LogP contribution in [0.5, 0.6) is 0 Å². The van der Waals surface area contributed by atoms with Crippen molar-refractivity contribution in [2.75, 3.05) is 6.61 Å². The monoisotopic (exact) mass is 872 g/mol. The molecule has 360 valence electrons. The lowest BCUT2D eigenvalue weighted by molar-refractivity contribution is -0.123. The van der Waals surface area contributed by atoms with Crippen molar-refractivity contribution in [3.63, 3.8) is 0 Å². The molecule has 0 aliphatic rings. The first-order valence-corrected chi connectivity index (χ1v) is 26.6. The second-order valence-electron chi connectivity index (χ2n) is 17.6. The molecule has 0 fully saturated rings. The van der Waals surface area contributed by atoms with Crippen LogP contribution in [0.25, 0.3) is 0 Å². The van der Waals surface area contributed by atoms with Crippen molar-refractivity contribution < 1.29 is 15.0 Å². The van der Waals surface area contributed by atoms with Crippen LogP contribution >= 0.6 is 0 Å². The number of hydrogen-bond acceptors (Lipinski definition) is 3. The summed E-state index contributed by atoms with van der Waals surface area (Å²) in [7, 11) is 0. The normalized spacial score (nSPS) is 13.8. The minimum atomic E-state index is -0.850. The Kier molecular flexibility index (Phi) is 50.9. The Morgan fingerprint density at radius 2 is 0.698 bits per heavy atom. The molecule has 0 spiro atoms. The number of allylic oxidation sites excluding steroid dienone is 17. The summed E-state index contributed by atoms with van der Waals surface area (Å²) in [5.74, 6) is -0.0762. The molecule has 3 N–H and O–H groups in total. The number of rotatable bonds is 47. The van der Waals surface area contributed by atoms with Gasteiger partial charge in [0.15, 0.2) is 0 Å². The van der Waals surface area contributed by atoms with Gasteiger partial charge in [-0.25, -0.2) is 0 Å². The number of unbranched alkanes of at least 4 members (excludes halogenated alkanes) is 24. The minimum Gasteiger partial charge on any atom is -0.394 e. The zero-order chi connectivity index (χ0) is 45.6. The van der Waals surface area contributed by atoms with Crippen LogP contribution in [0, 0.1) is 0 Å². The predicted octanol–water partition coefficient (Wildman–Crippen LogP) is 17.5. The van der Waals surface area contributed by atoms with E-state index in [-0.39, 0.29) is 12.5 Å². The number of aliphatic hydroxyl groups is 2. The highest BCUT2D eigenvalue weighted by atomic mass is 16.3. The van der Waals surface area contributed by atoms with Crippen molar-refractivity contribution in [3.05, 3.63) is 109 Å². The third kappa shape index (κ3) is 49.9. The summed E-state index contributed by atoms with van der Waals surface area (Å²) in [6, 6.07) is -0.634. The lowest BCUT2D eigenvalue weighted by Crippen LogP contribution is -2.45. The van der Waals surface area contributed by atoms with Crippen molar-refractivity contribution in [2.24, 2.45) is 0 Å². The van der Waals surface area contributed by atoms with E-state index in [1.54, 1.807) is 6.08 Å². The van der Waals surface area contributed by atoms with E-state index in [4.69, 9.17) is 0 Å². The lowest BCUT2D eigenvalue weighted by atomic mass is 10.0. The molecule has 0 radical (unpaired) electrons. The van der Waals surface area contributed by atoms with E-state index < -0.39 is 12.1 Å². The molecule has 63 heavy (non-hydrogen) atoms. The van der Waals surface area contributed by atoms with Crippen LogP contribution < -0.4 is 5.32 Å². The van der Waals surface area contributed by atoms with Crippen molar-refractivity contribution in [3.8, 4) is 0 Å². The highest BCUT2D eigenvalue weighted by Gasteiger charge is 2.18. The summed E-state index contributed by atoms with van der Waals surface area (Å²) in [6.45, 7) is 4.19. The standard InChI is InChI=1S/C59H101NO3/c1-3-5-7-9-11-13-15-17-19-21-23-24-25-26-27-28-29-30-31-32-33-34-35-36-37-39-41-43-45-47-49-51-53-55-59(63)60-57(56-61)58(62)54-52-50-48-46-44-42-40-38-22-20-18-16-14-12-10-8-6-4-2/h5,7,11,13,17,19,23-24,26-27,29-30,32-33,35-36,52,54,57-58,61-62H,3-4,6,8-10,12,14-16,18,20-22,25,28,31,34,37-51,53,55-56H2,1-2H3,(H,60,63)/b7-5-,13-11-,19-17-,24-23-,27-26-,30-29-,33-32-,36-35-,54-52+. The van der Waals surface area contributed by atoms with Gasteiger partial charge in [-0.2, -0.15) is 0 Å². The van der Waals surface area contributed by atoms with Crippen molar-refractivity contribution in [1.82, 2.24) is 5.32 Å². The Labute approximate surface area is 391 Å². The van der Waals surface area contributed by atoms with Gasteiger partial charge in [-0.15, -0.1) is 0 Å². The second-order valence-corrected chi connectivity index (χ2v) is 17.6. The van der Waals surface area contributed by atoms with Crippen LogP contribution in [-0.4, -0.2) is 34.9 Å². The van der Waals surface area contributed by atoms with Crippen LogP contribution in [0.4, 0.5) is 0 Å². The Bertz CT molecular complexity index is 1220. The van der Waals surface area contributed by atoms with Crippen molar-refractivity contribution in [1.29, 1.82) is 0 Å². The molecule has 0 saturated heterocycles. The quantitative estimate of drug-likeness (QED) is 0.0421. The number of aliphatic hydroxyl groups excluding tert-OH is 2. The van der Waals surface area contributed by atoms with Gasteiger partial charge < -0.3 is 15.5 Å². The van der Waals surface area contributed by atoms with Crippen LogP contribution in [0.3, 0.4) is 0 Å². The Morgan fingerprint density at radius 3 is 1.05 bits per heavy atom. The Morgan fingerprint density at radius 1 is 0.397 bits per heavy atom. The molecule has 4 heteroatoms. The largest absolute Gasteiger partial charge is 0.394 e.